The summed E-state index contributed by atoms with van der Waals surface area (Å²) in [5.41, 5.74) is 3.37. The Morgan fingerprint density at radius 2 is 1.95 bits per heavy atom. The van der Waals surface area contributed by atoms with E-state index in [-0.39, 0.29) is 12.2 Å². The molecular formula is C12H14BrF3N2O. The molecule has 3 N–H and O–H groups in total. The molecule has 1 amide bonds. The third-order valence-electron chi connectivity index (χ3n) is 2.67. The molecule has 0 aliphatic heterocycles. The van der Waals surface area contributed by atoms with Crippen molar-refractivity contribution in [2.45, 2.75) is 20.0 Å². The van der Waals surface area contributed by atoms with Crippen molar-refractivity contribution in [1.82, 2.24) is 0 Å². The molecule has 0 aliphatic carbocycles. The van der Waals surface area contributed by atoms with Gasteiger partial charge in [-0.1, -0.05) is 15.9 Å². The van der Waals surface area contributed by atoms with Crippen molar-refractivity contribution < 1.29 is 18.0 Å². The standard InChI is InChI=1S/C12H14BrF3N2O/c1-11(2,10(17)19)6-18-9-5-7(13)3-4-8(9)12(14,15)16/h3-5,18H,6H2,1-2H3,(H2,17,19). The summed E-state index contributed by atoms with van der Waals surface area (Å²) in [6.45, 7) is 3.14. The number of anilines is 1. The van der Waals surface area contributed by atoms with Crippen molar-refractivity contribution in [1.29, 1.82) is 0 Å². The maximum absolute atomic E-state index is 12.8. The van der Waals surface area contributed by atoms with Crippen LogP contribution in [0.15, 0.2) is 22.7 Å². The molecule has 0 radical (unpaired) electrons. The number of nitrogens with two attached hydrogens (primary N) is 1. The summed E-state index contributed by atoms with van der Waals surface area (Å²) in [5, 5.41) is 2.63. The molecule has 3 nitrogen and oxygen atoms in total. The average molecular weight is 339 g/mol. The molecule has 0 unspecified atom stereocenters. The molecule has 0 atom stereocenters. The predicted octanol–water partition coefficient (Wildman–Crippen LogP) is 3.39. The van der Waals surface area contributed by atoms with E-state index in [0.29, 0.717) is 4.47 Å². The fourth-order valence-electron chi connectivity index (χ4n) is 1.31. The fraction of sp³-hybridized carbons (Fsp3) is 0.417. The molecule has 0 heterocycles. The average Bonchev–Trinajstić information content (AvgIpc) is 2.24. The lowest BCUT2D eigenvalue weighted by Crippen LogP contribution is -2.37. The minimum atomic E-state index is -4.46. The molecule has 19 heavy (non-hydrogen) atoms. The van der Waals surface area contributed by atoms with Crippen LogP contribution in [0.25, 0.3) is 0 Å². The number of primary amides is 1. The second kappa shape index (κ2) is 5.40. The van der Waals surface area contributed by atoms with Gasteiger partial charge < -0.3 is 11.1 Å². The Kier molecular flexibility index (Phi) is 4.50. The van der Waals surface area contributed by atoms with E-state index >= 15 is 0 Å². The SMILES string of the molecule is CC(C)(CNc1cc(Br)ccc1C(F)(F)F)C(N)=O. The van der Waals surface area contributed by atoms with Gasteiger partial charge >= 0.3 is 6.18 Å². The van der Waals surface area contributed by atoms with Gasteiger partial charge in [0, 0.05) is 16.7 Å². The predicted molar refractivity (Wildman–Crippen MR) is 70.6 cm³/mol. The molecule has 1 aromatic rings. The van der Waals surface area contributed by atoms with Crippen molar-refractivity contribution in [3.63, 3.8) is 0 Å². The van der Waals surface area contributed by atoms with Crippen molar-refractivity contribution in [2.75, 3.05) is 11.9 Å². The summed E-state index contributed by atoms with van der Waals surface area (Å²) in [4.78, 5) is 11.1. The molecular weight excluding hydrogens is 325 g/mol. The van der Waals surface area contributed by atoms with Gasteiger partial charge in [-0.05, 0) is 32.0 Å². The zero-order valence-electron chi connectivity index (χ0n) is 10.4. The van der Waals surface area contributed by atoms with Gasteiger partial charge in [-0.25, -0.2) is 0 Å². The summed E-state index contributed by atoms with van der Waals surface area (Å²) >= 11 is 3.11. The zero-order chi connectivity index (χ0) is 14.8. The Morgan fingerprint density at radius 3 is 2.42 bits per heavy atom. The molecule has 0 saturated heterocycles. The zero-order valence-corrected chi connectivity index (χ0v) is 12.0. The van der Waals surface area contributed by atoms with Crippen LogP contribution >= 0.6 is 15.9 Å². The van der Waals surface area contributed by atoms with E-state index in [1.54, 1.807) is 13.8 Å². The first-order valence-electron chi connectivity index (χ1n) is 5.44. The van der Waals surface area contributed by atoms with E-state index in [1.807, 2.05) is 0 Å². The second-order valence-electron chi connectivity index (χ2n) is 4.79. The van der Waals surface area contributed by atoms with E-state index in [2.05, 4.69) is 21.2 Å². The minimum absolute atomic E-state index is 0.0157. The highest BCUT2D eigenvalue weighted by Gasteiger charge is 2.34. The van der Waals surface area contributed by atoms with E-state index in [1.165, 1.54) is 12.1 Å². The number of rotatable bonds is 4. The van der Waals surface area contributed by atoms with Gasteiger partial charge in [0.1, 0.15) is 0 Å². The van der Waals surface area contributed by atoms with E-state index in [0.717, 1.165) is 6.07 Å². The van der Waals surface area contributed by atoms with Gasteiger partial charge in [0.15, 0.2) is 0 Å². The molecule has 106 valence electrons. The van der Waals surface area contributed by atoms with Crippen molar-refractivity contribution in [3.8, 4) is 0 Å². The Balaban J connectivity index is 3.01. The van der Waals surface area contributed by atoms with Crippen molar-refractivity contribution >= 4 is 27.5 Å². The van der Waals surface area contributed by atoms with Crippen LogP contribution in [-0.4, -0.2) is 12.5 Å². The molecule has 0 spiro atoms. The fourth-order valence-corrected chi connectivity index (χ4v) is 1.67. The quantitative estimate of drug-likeness (QED) is 0.884. The van der Waals surface area contributed by atoms with Gasteiger partial charge in [0.2, 0.25) is 5.91 Å². The van der Waals surface area contributed by atoms with Crippen LogP contribution in [0.5, 0.6) is 0 Å². The Labute approximate surface area is 117 Å². The van der Waals surface area contributed by atoms with E-state index in [4.69, 9.17) is 5.73 Å². The maximum Gasteiger partial charge on any atom is 0.418 e. The first-order valence-corrected chi connectivity index (χ1v) is 6.24. The summed E-state index contributed by atoms with van der Waals surface area (Å²) < 4.78 is 38.9. The molecule has 1 rings (SSSR count). The second-order valence-corrected chi connectivity index (χ2v) is 5.71. The molecule has 1 aromatic carbocycles. The van der Waals surface area contributed by atoms with Crippen LogP contribution in [0, 0.1) is 5.41 Å². The third kappa shape index (κ3) is 4.12. The van der Waals surface area contributed by atoms with Crippen LogP contribution < -0.4 is 11.1 Å². The van der Waals surface area contributed by atoms with E-state index < -0.39 is 23.1 Å². The highest BCUT2D eigenvalue weighted by Crippen LogP contribution is 2.36. The molecule has 0 saturated carbocycles. The molecule has 7 heteroatoms. The largest absolute Gasteiger partial charge is 0.418 e. The first-order chi connectivity index (χ1) is 8.54. The summed E-state index contributed by atoms with van der Waals surface area (Å²) in [7, 11) is 0. The lowest BCUT2D eigenvalue weighted by Gasteiger charge is -2.23. The van der Waals surface area contributed by atoms with Gasteiger partial charge in [0.25, 0.3) is 0 Å². The van der Waals surface area contributed by atoms with Crippen molar-refractivity contribution in [3.05, 3.63) is 28.2 Å². The smallest absolute Gasteiger partial charge is 0.383 e. The maximum atomic E-state index is 12.8. The van der Waals surface area contributed by atoms with Crippen LogP contribution in [-0.2, 0) is 11.0 Å². The normalized spacial score (nSPS) is 12.3. The van der Waals surface area contributed by atoms with Crippen LogP contribution in [0.3, 0.4) is 0 Å². The van der Waals surface area contributed by atoms with Gasteiger partial charge in [-0.3, -0.25) is 4.79 Å². The number of amides is 1. The van der Waals surface area contributed by atoms with Gasteiger partial charge in [-0.15, -0.1) is 0 Å². The monoisotopic (exact) mass is 338 g/mol. The minimum Gasteiger partial charge on any atom is -0.383 e. The highest BCUT2D eigenvalue weighted by molar-refractivity contribution is 9.10. The van der Waals surface area contributed by atoms with Crippen molar-refractivity contribution in [2.24, 2.45) is 11.1 Å². The number of hydrogen-bond donors (Lipinski definition) is 2. The Bertz CT molecular complexity index is 486. The number of hydrogen-bond acceptors (Lipinski definition) is 2. The summed E-state index contributed by atoms with van der Waals surface area (Å²) in [6.07, 6.45) is -4.46. The number of nitrogens with one attached hydrogen (secondary N) is 1. The third-order valence-corrected chi connectivity index (χ3v) is 3.17. The molecule has 0 fully saturated rings. The number of carbonyl (C=O) groups is 1. The van der Waals surface area contributed by atoms with Gasteiger partial charge in [0.05, 0.1) is 11.0 Å². The number of alkyl halides is 3. The lowest BCUT2D eigenvalue weighted by atomic mass is 9.92. The van der Waals surface area contributed by atoms with Crippen LogP contribution in [0.1, 0.15) is 19.4 Å². The Hall–Kier alpha value is -1.24. The molecule has 0 aliphatic rings. The lowest BCUT2D eigenvalue weighted by molar-refractivity contribution is -0.137. The van der Waals surface area contributed by atoms with E-state index in [9.17, 15) is 18.0 Å². The number of halogens is 4. The topological polar surface area (TPSA) is 55.1 Å². The first kappa shape index (κ1) is 15.8. The number of benzene rings is 1. The molecule has 0 aromatic heterocycles. The molecule has 0 bridgehead atoms. The Morgan fingerprint density at radius 1 is 1.37 bits per heavy atom. The van der Waals surface area contributed by atoms with Gasteiger partial charge in [-0.2, -0.15) is 13.2 Å². The van der Waals surface area contributed by atoms with Crippen LogP contribution in [0.4, 0.5) is 18.9 Å². The highest BCUT2D eigenvalue weighted by atomic mass is 79.9. The van der Waals surface area contributed by atoms with Crippen LogP contribution in [0.2, 0.25) is 0 Å². The number of carbonyl (C=O) groups excluding carboxylic acids is 1. The summed E-state index contributed by atoms with van der Waals surface area (Å²) in [5.74, 6) is -0.580. The summed E-state index contributed by atoms with van der Waals surface area (Å²) in [6, 6.07) is 3.61.